The van der Waals surface area contributed by atoms with Crippen molar-refractivity contribution >= 4 is 11.0 Å². The van der Waals surface area contributed by atoms with E-state index in [-0.39, 0.29) is 17.8 Å². The molecule has 1 heterocycles. The van der Waals surface area contributed by atoms with E-state index in [1.54, 1.807) is 0 Å². The number of fused-ring (bicyclic) bond motifs is 1. The zero-order valence-corrected chi connectivity index (χ0v) is 11.6. The van der Waals surface area contributed by atoms with Gasteiger partial charge in [0.05, 0.1) is 17.1 Å². The first-order valence-electron chi connectivity index (χ1n) is 7.28. The molecule has 1 aromatic heterocycles. The molecule has 0 saturated heterocycles. The first-order chi connectivity index (χ1) is 9.61. The van der Waals surface area contributed by atoms with E-state index in [9.17, 15) is 9.90 Å². The Hall–Kier alpha value is -1.59. The summed E-state index contributed by atoms with van der Waals surface area (Å²) in [7, 11) is 0. The minimum absolute atomic E-state index is 0.169. The lowest BCUT2D eigenvalue weighted by molar-refractivity contribution is 0.109. The summed E-state index contributed by atoms with van der Waals surface area (Å²) in [5, 5.41) is 13.3. The molecule has 0 bridgehead atoms. The zero-order valence-electron chi connectivity index (χ0n) is 11.6. The van der Waals surface area contributed by atoms with Crippen molar-refractivity contribution in [2.24, 2.45) is 0 Å². The third-order valence-electron chi connectivity index (χ3n) is 4.17. The molecule has 1 fully saturated rings. The number of rotatable bonds is 3. The summed E-state index contributed by atoms with van der Waals surface area (Å²) >= 11 is 0. The Morgan fingerprint density at radius 1 is 1.30 bits per heavy atom. The average Bonchev–Trinajstić information content (AvgIpc) is 2.77. The van der Waals surface area contributed by atoms with E-state index in [1.165, 1.54) is 0 Å². The Balaban J connectivity index is 1.74. The van der Waals surface area contributed by atoms with Gasteiger partial charge in [-0.1, -0.05) is 6.07 Å². The molecule has 0 spiro atoms. The third-order valence-corrected chi connectivity index (χ3v) is 4.17. The van der Waals surface area contributed by atoms with Crippen molar-refractivity contribution < 1.29 is 5.11 Å². The predicted octanol–water partition coefficient (Wildman–Crippen LogP) is 1.81. The Kier molecular flexibility index (Phi) is 3.63. The number of aliphatic hydroxyl groups is 1. The van der Waals surface area contributed by atoms with Gasteiger partial charge in [0.1, 0.15) is 0 Å². The second-order valence-electron chi connectivity index (χ2n) is 5.79. The maximum atomic E-state index is 11.3. The molecule has 1 aromatic carbocycles. The number of benzene rings is 1. The first kappa shape index (κ1) is 13.4. The number of hydrogen-bond donors (Lipinski definition) is 4. The third kappa shape index (κ3) is 2.78. The van der Waals surface area contributed by atoms with Crippen LogP contribution in [0.5, 0.6) is 0 Å². The lowest BCUT2D eigenvalue weighted by Gasteiger charge is -2.29. The molecule has 1 saturated carbocycles. The van der Waals surface area contributed by atoms with Crippen LogP contribution in [-0.4, -0.2) is 27.2 Å². The number of hydrogen-bond acceptors (Lipinski definition) is 3. The Morgan fingerprint density at radius 2 is 2.10 bits per heavy atom. The van der Waals surface area contributed by atoms with Crippen molar-refractivity contribution in [3.63, 3.8) is 0 Å². The molecule has 0 amide bonds. The van der Waals surface area contributed by atoms with E-state index in [2.05, 4.69) is 22.2 Å². The highest BCUT2D eigenvalue weighted by Gasteiger charge is 2.21. The van der Waals surface area contributed by atoms with Crippen LogP contribution in [0.15, 0.2) is 23.0 Å². The van der Waals surface area contributed by atoms with Crippen molar-refractivity contribution in [3.8, 4) is 0 Å². The number of nitrogens with one attached hydrogen (secondary N) is 3. The van der Waals surface area contributed by atoms with Crippen LogP contribution in [0, 0.1) is 0 Å². The van der Waals surface area contributed by atoms with Crippen LogP contribution in [0.25, 0.3) is 11.0 Å². The maximum absolute atomic E-state index is 11.3. The van der Waals surface area contributed by atoms with Crippen molar-refractivity contribution in [2.75, 3.05) is 0 Å². The molecule has 0 radical (unpaired) electrons. The molecule has 3 atom stereocenters. The maximum Gasteiger partial charge on any atom is 0.323 e. The second-order valence-corrected chi connectivity index (χ2v) is 5.79. The smallest absolute Gasteiger partial charge is 0.323 e. The van der Waals surface area contributed by atoms with Crippen molar-refractivity contribution in [3.05, 3.63) is 34.2 Å². The normalized spacial score (nSPS) is 24.9. The van der Waals surface area contributed by atoms with Gasteiger partial charge in [-0.05, 0) is 50.3 Å². The molecule has 5 nitrogen and oxygen atoms in total. The molecular formula is C15H21N3O2. The Morgan fingerprint density at radius 3 is 2.90 bits per heavy atom. The zero-order chi connectivity index (χ0) is 14.1. The summed E-state index contributed by atoms with van der Waals surface area (Å²) in [6, 6.07) is 6.53. The fourth-order valence-electron chi connectivity index (χ4n) is 3.08. The number of aliphatic hydroxyl groups excluding tert-OH is 1. The fraction of sp³-hybridized carbons (Fsp3) is 0.533. The van der Waals surface area contributed by atoms with E-state index < -0.39 is 0 Å². The largest absolute Gasteiger partial charge is 0.393 e. The SMILES string of the molecule is CC(NC1CCCC(O)C1)c1ccc2[nH]c(=O)[nH]c2c1. The van der Waals surface area contributed by atoms with Gasteiger partial charge < -0.3 is 20.4 Å². The molecule has 5 heteroatoms. The van der Waals surface area contributed by atoms with Gasteiger partial charge in [0.15, 0.2) is 0 Å². The number of aromatic amines is 2. The molecule has 1 aliphatic rings. The van der Waals surface area contributed by atoms with Gasteiger partial charge in [0.2, 0.25) is 0 Å². The summed E-state index contributed by atoms with van der Waals surface area (Å²) in [6.07, 6.45) is 3.77. The Labute approximate surface area is 117 Å². The van der Waals surface area contributed by atoms with Gasteiger partial charge in [-0.2, -0.15) is 0 Å². The predicted molar refractivity (Wildman–Crippen MR) is 78.7 cm³/mol. The molecule has 3 rings (SSSR count). The van der Waals surface area contributed by atoms with Crippen LogP contribution in [0.2, 0.25) is 0 Å². The van der Waals surface area contributed by atoms with E-state index in [1.807, 2.05) is 18.2 Å². The van der Waals surface area contributed by atoms with E-state index >= 15 is 0 Å². The standard InChI is InChI=1S/C15H21N3O2/c1-9(16-11-3-2-4-12(19)8-11)10-5-6-13-14(7-10)18-15(20)17-13/h5-7,9,11-12,16,19H,2-4,8H2,1H3,(H2,17,18,20). The molecule has 3 unspecified atom stereocenters. The number of imidazole rings is 1. The molecule has 2 aromatic rings. The fourth-order valence-corrected chi connectivity index (χ4v) is 3.08. The molecule has 0 aliphatic heterocycles. The van der Waals surface area contributed by atoms with Crippen LogP contribution in [0.4, 0.5) is 0 Å². The van der Waals surface area contributed by atoms with Gasteiger partial charge in [-0.25, -0.2) is 4.79 Å². The van der Waals surface area contributed by atoms with Crippen LogP contribution < -0.4 is 11.0 Å². The minimum Gasteiger partial charge on any atom is -0.393 e. The van der Waals surface area contributed by atoms with Gasteiger partial charge in [0.25, 0.3) is 0 Å². The number of aromatic nitrogens is 2. The molecule has 108 valence electrons. The van der Waals surface area contributed by atoms with Gasteiger partial charge in [-0.3, -0.25) is 0 Å². The summed E-state index contributed by atoms with van der Waals surface area (Å²) in [4.78, 5) is 16.8. The molecular weight excluding hydrogens is 254 g/mol. The quantitative estimate of drug-likeness (QED) is 0.689. The summed E-state index contributed by atoms with van der Waals surface area (Å²) in [6.45, 7) is 2.12. The van der Waals surface area contributed by atoms with E-state index in [0.717, 1.165) is 42.3 Å². The highest BCUT2D eigenvalue weighted by molar-refractivity contribution is 5.75. The lowest BCUT2D eigenvalue weighted by atomic mass is 9.92. The second kappa shape index (κ2) is 5.42. The monoisotopic (exact) mass is 275 g/mol. The molecule has 1 aliphatic carbocycles. The Bertz CT molecular complexity index is 646. The first-order valence-corrected chi connectivity index (χ1v) is 7.28. The minimum atomic E-state index is -0.173. The highest BCUT2D eigenvalue weighted by Crippen LogP contribution is 2.23. The van der Waals surface area contributed by atoms with Gasteiger partial charge >= 0.3 is 5.69 Å². The summed E-state index contributed by atoms with van der Waals surface area (Å²) in [5.41, 5.74) is 2.64. The average molecular weight is 275 g/mol. The topological polar surface area (TPSA) is 80.9 Å². The van der Waals surface area contributed by atoms with E-state index in [4.69, 9.17) is 0 Å². The van der Waals surface area contributed by atoms with Crippen LogP contribution >= 0.6 is 0 Å². The van der Waals surface area contributed by atoms with E-state index in [0.29, 0.717) is 6.04 Å². The molecule has 20 heavy (non-hydrogen) atoms. The summed E-state index contributed by atoms with van der Waals surface area (Å²) in [5.74, 6) is 0. The highest BCUT2D eigenvalue weighted by atomic mass is 16.3. The van der Waals surface area contributed by atoms with Gasteiger partial charge in [-0.15, -0.1) is 0 Å². The van der Waals surface area contributed by atoms with Crippen molar-refractivity contribution in [2.45, 2.75) is 50.8 Å². The van der Waals surface area contributed by atoms with Crippen molar-refractivity contribution in [1.29, 1.82) is 0 Å². The van der Waals surface area contributed by atoms with Crippen molar-refractivity contribution in [1.82, 2.24) is 15.3 Å². The van der Waals surface area contributed by atoms with Crippen LogP contribution in [0.3, 0.4) is 0 Å². The van der Waals surface area contributed by atoms with Crippen LogP contribution in [-0.2, 0) is 0 Å². The van der Waals surface area contributed by atoms with Crippen LogP contribution in [0.1, 0.15) is 44.2 Å². The lowest BCUT2D eigenvalue weighted by Crippen LogP contribution is -2.37. The molecule has 4 N–H and O–H groups in total. The number of H-pyrrole nitrogens is 2. The summed E-state index contributed by atoms with van der Waals surface area (Å²) < 4.78 is 0. The van der Waals surface area contributed by atoms with Gasteiger partial charge in [0, 0.05) is 12.1 Å².